The minimum atomic E-state index is -0.219. The van der Waals surface area contributed by atoms with Crippen molar-refractivity contribution in [3.8, 4) is 0 Å². The second-order valence-electron chi connectivity index (χ2n) is 1.19. The van der Waals surface area contributed by atoms with Gasteiger partial charge in [0.05, 0.1) is 9.80 Å². The minimum absolute atomic E-state index is 0.00660. The van der Waals surface area contributed by atoms with Crippen molar-refractivity contribution in [2.24, 2.45) is 0 Å². The van der Waals surface area contributed by atoms with Crippen LogP contribution in [0.25, 0.3) is 0 Å². The lowest BCUT2D eigenvalue weighted by atomic mass is 10.4. The lowest BCUT2D eigenvalue weighted by molar-refractivity contribution is 1.31. The van der Waals surface area contributed by atoms with E-state index in [1.54, 1.807) is 0 Å². The predicted molar refractivity (Wildman–Crippen MR) is 36.3 cm³/mol. The van der Waals surface area contributed by atoms with Crippen LogP contribution >= 0.6 is 15.9 Å². The van der Waals surface area contributed by atoms with Gasteiger partial charge in [0, 0.05) is 16.8 Å². The molecule has 1 heterocycles. The van der Waals surface area contributed by atoms with E-state index in [1.807, 2.05) is 0 Å². The number of hydrogen-bond donors (Lipinski definition) is 1. The molecule has 0 spiro atoms. The van der Waals surface area contributed by atoms with Gasteiger partial charge in [0.2, 0.25) is 0 Å². The van der Waals surface area contributed by atoms with Crippen LogP contribution in [0.1, 0.15) is 4.11 Å². The Labute approximate surface area is 60.1 Å². The summed E-state index contributed by atoms with van der Waals surface area (Å²) in [6.07, 6.45) is -0.350. The summed E-state index contributed by atoms with van der Waals surface area (Å²) in [5, 5.41) is 0. The lowest BCUT2D eigenvalue weighted by Crippen LogP contribution is -1.83. The first-order valence-corrected chi connectivity index (χ1v) is 2.72. The summed E-state index contributed by atoms with van der Waals surface area (Å²) in [4.78, 5) is 3.47. The molecule has 0 unspecified atom stereocenters. The van der Waals surface area contributed by atoms with E-state index in [2.05, 4.69) is 20.9 Å². The van der Waals surface area contributed by atoms with Crippen LogP contribution in [-0.4, -0.2) is 4.98 Å². The smallest absolute Gasteiger partial charge is 0.0862 e. The lowest BCUT2D eigenvalue weighted by Gasteiger charge is -1.88. The predicted octanol–water partition coefficient (Wildman–Crippen LogP) is 1.43. The highest BCUT2D eigenvalue weighted by Crippen LogP contribution is 2.09. The van der Waals surface area contributed by atoms with Gasteiger partial charge in [-0.25, -0.2) is 0 Å². The van der Waals surface area contributed by atoms with E-state index in [0.717, 1.165) is 0 Å². The van der Waals surface area contributed by atoms with Crippen LogP contribution in [0.3, 0.4) is 0 Å². The highest BCUT2D eigenvalue weighted by atomic mass is 79.9. The number of nitrogens with two attached hydrogens (primary N) is 1. The van der Waals surface area contributed by atoms with Crippen molar-refractivity contribution in [3.63, 3.8) is 0 Å². The number of nitrogens with zero attached hydrogens (tertiary/aromatic N) is 1. The molecule has 0 radical (unpaired) electrons. The molecule has 0 aromatic carbocycles. The van der Waals surface area contributed by atoms with E-state index < -0.39 is 0 Å². The van der Waals surface area contributed by atoms with Crippen LogP contribution in [0, 0.1) is 0 Å². The molecule has 3 heteroatoms. The molecule has 0 fully saturated rings. The molecule has 0 bridgehead atoms. The zero-order valence-corrected chi connectivity index (χ0v) is 5.49. The summed E-state index contributed by atoms with van der Waals surface area (Å²) in [5.74, 6) is 0. The Morgan fingerprint density at radius 1 is 1.75 bits per heavy atom. The number of aromatic nitrogens is 1. The molecule has 0 atom stereocenters. The fourth-order valence-corrected chi connectivity index (χ4v) is 0.614. The first kappa shape index (κ1) is 2.82. The quantitative estimate of drug-likeness (QED) is 0.649. The number of hydrogen-bond acceptors (Lipinski definition) is 2. The Bertz CT molecular complexity index is 276. The molecule has 2 N–H and O–H groups in total. The highest BCUT2D eigenvalue weighted by molar-refractivity contribution is 9.10. The minimum Gasteiger partial charge on any atom is -0.397 e. The van der Waals surface area contributed by atoms with Crippen LogP contribution in [-0.2, 0) is 0 Å². The van der Waals surface area contributed by atoms with Crippen LogP contribution in [0.15, 0.2) is 22.9 Å². The van der Waals surface area contributed by atoms with Gasteiger partial charge in [-0.3, -0.25) is 4.98 Å². The van der Waals surface area contributed by atoms with Crippen molar-refractivity contribution in [2.75, 3.05) is 5.73 Å². The second kappa shape index (κ2) is 2.13. The number of halogens is 1. The zero-order valence-electron chi connectivity index (χ0n) is 6.90. The first-order chi connectivity index (χ1) is 5.04. The zero-order chi connectivity index (χ0) is 8.59. The number of pyridine rings is 1. The van der Waals surface area contributed by atoms with Crippen molar-refractivity contribution in [3.05, 3.63) is 22.9 Å². The molecule has 1 aromatic heterocycles. The van der Waals surface area contributed by atoms with Crippen LogP contribution in [0.5, 0.6) is 0 Å². The second-order valence-corrected chi connectivity index (χ2v) is 1.98. The van der Waals surface area contributed by atoms with Crippen LogP contribution in [0.2, 0.25) is 0 Å². The van der Waals surface area contributed by atoms with E-state index in [4.69, 9.17) is 9.85 Å². The third-order valence-corrected chi connectivity index (χ3v) is 0.950. The van der Waals surface area contributed by atoms with Crippen LogP contribution in [0.4, 0.5) is 5.69 Å². The summed E-state index contributed by atoms with van der Waals surface area (Å²) >= 11 is 2.96. The first-order valence-electron chi connectivity index (χ1n) is 3.42. The molecule has 0 amide bonds. The van der Waals surface area contributed by atoms with E-state index in [1.165, 1.54) is 0 Å². The molecule has 1 aromatic rings. The van der Waals surface area contributed by atoms with Gasteiger partial charge in [0.15, 0.2) is 0 Å². The van der Waals surface area contributed by atoms with Gasteiger partial charge in [-0.05, 0) is 22.0 Å². The molecule has 1 rings (SSSR count). The van der Waals surface area contributed by atoms with Gasteiger partial charge >= 0.3 is 0 Å². The maximum Gasteiger partial charge on any atom is 0.0862 e. The third-order valence-electron chi connectivity index (χ3n) is 0.575. The van der Waals surface area contributed by atoms with E-state index in [-0.39, 0.29) is 28.5 Å². The van der Waals surface area contributed by atoms with E-state index >= 15 is 0 Å². The molecule has 2 nitrogen and oxygen atoms in total. The Hall–Kier alpha value is -0.570. The Morgan fingerprint density at radius 3 is 3.25 bits per heavy atom. The summed E-state index contributed by atoms with van der Waals surface area (Å²) in [6, 6.07) is -0.0463. The number of anilines is 1. The van der Waals surface area contributed by atoms with Crippen molar-refractivity contribution in [1.82, 2.24) is 4.98 Å². The van der Waals surface area contributed by atoms with Gasteiger partial charge in [-0.2, -0.15) is 0 Å². The van der Waals surface area contributed by atoms with Crippen molar-refractivity contribution in [2.45, 2.75) is 0 Å². The van der Waals surface area contributed by atoms with Crippen molar-refractivity contribution in [1.29, 1.82) is 0 Å². The average molecular weight is 176 g/mol. The van der Waals surface area contributed by atoms with Gasteiger partial charge in [-0.15, -0.1) is 0 Å². The maximum atomic E-state index is 7.27. The molecule has 0 aliphatic rings. The highest BCUT2D eigenvalue weighted by Gasteiger charge is 1.84. The SMILES string of the molecule is [2H]c1nc([2H])c(Br)c([2H])c1N. The van der Waals surface area contributed by atoms with Crippen LogP contribution < -0.4 is 5.73 Å². The van der Waals surface area contributed by atoms with Gasteiger partial charge < -0.3 is 5.73 Å². The van der Waals surface area contributed by atoms with Crippen molar-refractivity contribution < 1.29 is 4.11 Å². The standard InChI is InChI=1S/C5H5BrN2/c6-4-1-5(7)3-8-2-4/h1-3H,7H2/i1D,2D,3D. The van der Waals surface area contributed by atoms with Gasteiger partial charge in [-0.1, -0.05) is 0 Å². The molecule has 8 heavy (non-hydrogen) atoms. The number of rotatable bonds is 0. The average Bonchev–Trinajstić information content (AvgIpc) is 1.97. The molecule has 42 valence electrons. The Balaban J connectivity index is 3.46. The third kappa shape index (κ3) is 1.20. The fourth-order valence-electron chi connectivity index (χ4n) is 0.311. The van der Waals surface area contributed by atoms with Gasteiger partial charge in [0.1, 0.15) is 0 Å². The maximum absolute atomic E-state index is 7.27. The summed E-state index contributed by atoms with van der Waals surface area (Å²) in [6.45, 7) is 0. The largest absolute Gasteiger partial charge is 0.397 e. The molecule has 0 saturated heterocycles. The van der Waals surface area contributed by atoms with Gasteiger partial charge in [0.25, 0.3) is 0 Å². The Morgan fingerprint density at radius 2 is 2.50 bits per heavy atom. The number of nitrogen functional groups attached to an aromatic ring is 1. The monoisotopic (exact) mass is 175 g/mol. The van der Waals surface area contributed by atoms with E-state index in [0.29, 0.717) is 0 Å². The Kier molecular flexibility index (Phi) is 0.753. The topological polar surface area (TPSA) is 38.9 Å². The fraction of sp³-hybridized carbons (Fsp3) is 0. The molecule has 0 aliphatic heterocycles. The normalized spacial score (nSPS) is 14.4. The summed E-state index contributed by atoms with van der Waals surface area (Å²) < 4.78 is 21.7. The summed E-state index contributed by atoms with van der Waals surface area (Å²) in [5.41, 5.74) is 5.29. The summed E-state index contributed by atoms with van der Waals surface area (Å²) in [7, 11) is 0. The molecular formula is C5H5BrN2. The van der Waals surface area contributed by atoms with E-state index in [9.17, 15) is 0 Å². The molecule has 0 saturated carbocycles. The molecule has 0 aliphatic carbocycles. The van der Waals surface area contributed by atoms with Crippen molar-refractivity contribution >= 4 is 21.6 Å². The molecular weight excluding hydrogens is 168 g/mol.